The molecule has 0 spiro atoms. The van der Waals surface area contributed by atoms with Crippen LogP contribution in [0.2, 0.25) is 0 Å². The number of nitrogens with one attached hydrogen (secondary N) is 1. The number of aromatic hydroxyl groups is 1. The van der Waals surface area contributed by atoms with Gasteiger partial charge in [-0.1, -0.05) is 52.0 Å². The van der Waals surface area contributed by atoms with Crippen LogP contribution in [0.15, 0.2) is 30.3 Å². The van der Waals surface area contributed by atoms with Crippen LogP contribution in [0.25, 0.3) is 10.9 Å². The standard InChI is InChI=1S/C29H36N4O4.C2H6/c34-28-17-27-24(26(30-31-27)14-20-4-2-1-3-5-20)16-25(28)29(35)33-18-21-6-7-23(15-22(21)19-33)37-13-10-32-8-11-36-12-9-32;1-2/h6-7,15-17,20,34H,1-5,8-14,18-19H2,(H,30,31);1-2H3. The number of fused-ring (bicyclic) bond motifs is 2. The molecule has 3 aliphatic rings. The summed E-state index contributed by atoms with van der Waals surface area (Å²) >= 11 is 0. The number of aromatic amines is 1. The van der Waals surface area contributed by atoms with E-state index in [1.54, 1.807) is 11.0 Å². The second kappa shape index (κ2) is 12.8. The highest BCUT2D eigenvalue weighted by Gasteiger charge is 2.27. The number of amides is 1. The number of benzene rings is 2. The molecule has 1 saturated carbocycles. The van der Waals surface area contributed by atoms with E-state index >= 15 is 0 Å². The Morgan fingerprint density at radius 2 is 1.85 bits per heavy atom. The fourth-order valence-corrected chi connectivity index (χ4v) is 6.00. The number of carbonyl (C=O) groups is 1. The van der Waals surface area contributed by atoms with Crippen molar-refractivity contribution in [3.05, 3.63) is 52.7 Å². The Morgan fingerprint density at radius 3 is 2.64 bits per heavy atom. The first-order valence-corrected chi connectivity index (χ1v) is 14.7. The minimum Gasteiger partial charge on any atom is -0.507 e. The number of carbonyl (C=O) groups excluding carboxylic acids is 1. The summed E-state index contributed by atoms with van der Waals surface area (Å²) in [5.41, 5.74) is 4.34. The molecule has 3 heterocycles. The molecule has 1 amide bonds. The van der Waals surface area contributed by atoms with Gasteiger partial charge in [-0.05, 0) is 41.7 Å². The van der Waals surface area contributed by atoms with Crippen LogP contribution in [-0.4, -0.2) is 70.5 Å². The quantitative estimate of drug-likeness (QED) is 0.428. The lowest BCUT2D eigenvalue weighted by atomic mass is 9.85. The number of aromatic nitrogens is 2. The zero-order chi connectivity index (χ0) is 27.2. The first kappa shape index (κ1) is 27.5. The molecule has 0 atom stereocenters. The van der Waals surface area contributed by atoms with Crippen molar-refractivity contribution in [1.82, 2.24) is 20.0 Å². The van der Waals surface area contributed by atoms with Crippen LogP contribution in [0.1, 0.15) is 73.1 Å². The van der Waals surface area contributed by atoms with Crippen molar-refractivity contribution in [3.63, 3.8) is 0 Å². The lowest BCUT2D eigenvalue weighted by Crippen LogP contribution is -2.38. The molecule has 39 heavy (non-hydrogen) atoms. The van der Waals surface area contributed by atoms with E-state index in [4.69, 9.17) is 9.47 Å². The number of hydrogen-bond donors (Lipinski definition) is 2. The van der Waals surface area contributed by atoms with Crippen molar-refractivity contribution in [2.75, 3.05) is 39.5 Å². The third-order valence-corrected chi connectivity index (χ3v) is 8.17. The van der Waals surface area contributed by atoms with Crippen LogP contribution in [0.5, 0.6) is 11.5 Å². The second-order valence-corrected chi connectivity index (χ2v) is 10.7. The van der Waals surface area contributed by atoms with E-state index in [1.807, 2.05) is 38.1 Å². The van der Waals surface area contributed by atoms with Gasteiger partial charge in [-0.3, -0.25) is 14.8 Å². The molecule has 2 aromatic carbocycles. The maximum absolute atomic E-state index is 13.5. The van der Waals surface area contributed by atoms with Crippen molar-refractivity contribution in [2.24, 2.45) is 5.92 Å². The number of morpholine rings is 1. The second-order valence-electron chi connectivity index (χ2n) is 10.7. The van der Waals surface area contributed by atoms with Gasteiger partial charge in [-0.25, -0.2) is 0 Å². The van der Waals surface area contributed by atoms with Gasteiger partial charge in [0.1, 0.15) is 18.1 Å². The number of nitrogens with zero attached hydrogens (tertiary/aromatic N) is 3. The van der Waals surface area contributed by atoms with E-state index in [0.29, 0.717) is 36.7 Å². The van der Waals surface area contributed by atoms with Gasteiger partial charge in [0.15, 0.2) is 0 Å². The normalized spacial score (nSPS) is 18.1. The predicted molar refractivity (Wildman–Crippen MR) is 152 cm³/mol. The lowest BCUT2D eigenvalue weighted by Gasteiger charge is -2.26. The molecular formula is C31H42N4O4. The Morgan fingerprint density at radius 1 is 1.08 bits per heavy atom. The number of phenols is 1. The third-order valence-electron chi connectivity index (χ3n) is 8.17. The summed E-state index contributed by atoms with van der Waals surface area (Å²) in [7, 11) is 0. The summed E-state index contributed by atoms with van der Waals surface area (Å²) in [5.74, 6) is 1.31. The summed E-state index contributed by atoms with van der Waals surface area (Å²) in [6.07, 6.45) is 7.34. The Hall–Kier alpha value is -3.10. The largest absolute Gasteiger partial charge is 0.507 e. The lowest BCUT2D eigenvalue weighted by molar-refractivity contribution is 0.0322. The molecule has 0 radical (unpaired) electrons. The first-order valence-electron chi connectivity index (χ1n) is 14.7. The Kier molecular flexibility index (Phi) is 9.04. The van der Waals surface area contributed by atoms with Gasteiger partial charge in [-0.2, -0.15) is 5.10 Å². The highest BCUT2D eigenvalue weighted by Crippen LogP contribution is 2.33. The Balaban J connectivity index is 0.00000151. The minimum atomic E-state index is -0.157. The van der Waals surface area contributed by atoms with Crippen LogP contribution >= 0.6 is 0 Å². The van der Waals surface area contributed by atoms with Crippen molar-refractivity contribution in [1.29, 1.82) is 0 Å². The van der Waals surface area contributed by atoms with Crippen LogP contribution in [-0.2, 0) is 24.2 Å². The van der Waals surface area contributed by atoms with Gasteiger partial charge in [0, 0.05) is 49.9 Å². The molecular weight excluding hydrogens is 492 g/mol. The molecule has 2 N–H and O–H groups in total. The van der Waals surface area contributed by atoms with Crippen molar-refractivity contribution < 1.29 is 19.4 Å². The van der Waals surface area contributed by atoms with Crippen LogP contribution in [0.3, 0.4) is 0 Å². The molecule has 210 valence electrons. The Bertz CT molecular complexity index is 1260. The highest BCUT2D eigenvalue weighted by atomic mass is 16.5. The summed E-state index contributed by atoms with van der Waals surface area (Å²) in [6.45, 7) is 10.0. The van der Waals surface area contributed by atoms with Crippen LogP contribution in [0, 0.1) is 5.92 Å². The number of H-pyrrole nitrogens is 1. The van der Waals surface area contributed by atoms with Crippen molar-refractivity contribution in [3.8, 4) is 11.5 Å². The molecule has 2 aliphatic heterocycles. The van der Waals surface area contributed by atoms with Crippen molar-refractivity contribution >= 4 is 16.8 Å². The van der Waals surface area contributed by atoms with Crippen LogP contribution < -0.4 is 4.74 Å². The number of ether oxygens (including phenoxy) is 2. The van der Waals surface area contributed by atoms with Gasteiger partial charge in [-0.15, -0.1) is 0 Å². The number of rotatable bonds is 7. The number of hydrogen-bond acceptors (Lipinski definition) is 6. The van der Waals surface area contributed by atoms with Gasteiger partial charge >= 0.3 is 0 Å². The van der Waals surface area contributed by atoms with Crippen LogP contribution in [0.4, 0.5) is 0 Å². The molecule has 1 saturated heterocycles. The Labute approximate surface area is 231 Å². The van der Waals surface area contributed by atoms with E-state index in [0.717, 1.165) is 67.2 Å². The fraction of sp³-hybridized carbons (Fsp3) is 0.548. The minimum absolute atomic E-state index is 0.0173. The molecule has 3 aromatic rings. The number of phenolic OH excluding ortho intramolecular Hbond substituents is 1. The monoisotopic (exact) mass is 534 g/mol. The molecule has 1 aliphatic carbocycles. The molecule has 0 unspecified atom stereocenters. The highest BCUT2D eigenvalue weighted by molar-refractivity contribution is 6.01. The van der Waals surface area contributed by atoms with E-state index in [-0.39, 0.29) is 11.7 Å². The van der Waals surface area contributed by atoms with Gasteiger partial charge in [0.05, 0.1) is 24.3 Å². The molecule has 8 nitrogen and oxygen atoms in total. The average molecular weight is 535 g/mol. The summed E-state index contributed by atoms with van der Waals surface area (Å²) in [6, 6.07) is 9.53. The molecule has 1 aromatic heterocycles. The fourth-order valence-electron chi connectivity index (χ4n) is 6.00. The molecule has 0 bridgehead atoms. The zero-order valence-electron chi connectivity index (χ0n) is 23.4. The topological polar surface area (TPSA) is 90.9 Å². The maximum Gasteiger partial charge on any atom is 0.258 e. The zero-order valence-corrected chi connectivity index (χ0v) is 23.4. The third kappa shape index (κ3) is 6.39. The van der Waals surface area contributed by atoms with E-state index in [9.17, 15) is 9.90 Å². The average Bonchev–Trinajstić information content (AvgIpc) is 3.58. The molecule has 8 heteroatoms. The summed E-state index contributed by atoms with van der Waals surface area (Å²) < 4.78 is 11.4. The predicted octanol–water partition coefficient (Wildman–Crippen LogP) is 5.28. The van der Waals surface area contributed by atoms with Crippen molar-refractivity contribution in [2.45, 2.75) is 65.5 Å². The van der Waals surface area contributed by atoms with E-state index < -0.39 is 0 Å². The molecule has 2 fully saturated rings. The smallest absolute Gasteiger partial charge is 0.258 e. The van der Waals surface area contributed by atoms with Gasteiger partial charge in [0.25, 0.3) is 5.91 Å². The SMILES string of the molecule is CC.O=C(c1cc2c(CC3CCCCC3)[nH]nc2cc1O)N1Cc2ccc(OCCN3CCOCC3)cc2C1. The molecule has 6 rings (SSSR count). The first-order chi connectivity index (χ1) is 19.1. The van der Waals surface area contributed by atoms with Gasteiger partial charge < -0.3 is 19.5 Å². The summed E-state index contributed by atoms with van der Waals surface area (Å²) in [4.78, 5) is 17.7. The van der Waals surface area contributed by atoms with E-state index in [1.165, 1.54) is 32.1 Å². The van der Waals surface area contributed by atoms with E-state index in [2.05, 4.69) is 15.1 Å². The summed E-state index contributed by atoms with van der Waals surface area (Å²) in [5, 5.41) is 19.2. The maximum atomic E-state index is 13.5. The van der Waals surface area contributed by atoms with Gasteiger partial charge in [0.2, 0.25) is 0 Å².